The molecule has 0 saturated carbocycles. The molecule has 0 aromatic heterocycles. The zero-order chi connectivity index (χ0) is 12.3. The first-order valence-corrected chi connectivity index (χ1v) is 5.39. The van der Waals surface area contributed by atoms with E-state index in [4.69, 9.17) is 0 Å². The van der Waals surface area contributed by atoms with Gasteiger partial charge in [-0.15, -0.1) is 0 Å². The number of hydrogen-bond acceptors (Lipinski definition) is 3. The maximum Gasteiger partial charge on any atom is 0.330 e. The van der Waals surface area contributed by atoms with Gasteiger partial charge < -0.3 is 4.74 Å². The molecule has 88 valence electrons. The number of carbonyl (C=O) groups excluding carboxylic acids is 2. The molecule has 0 aliphatic heterocycles. The Labute approximate surface area is 96.2 Å². The van der Waals surface area contributed by atoms with E-state index in [-0.39, 0.29) is 11.2 Å². The minimum atomic E-state index is -0.394. The summed E-state index contributed by atoms with van der Waals surface area (Å²) in [5, 5.41) is 0. The lowest BCUT2D eigenvalue weighted by molar-refractivity contribution is -0.134. The molecule has 0 atom stereocenters. The van der Waals surface area contributed by atoms with Crippen LogP contribution in [0.5, 0.6) is 0 Å². The van der Waals surface area contributed by atoms with Crippen LogP contribution in [0, 0.1) is 5.41 Å². The summed E-state index contributed by atoms with van der Waals surface area (Å²) in [4.78, 5) is 22.6. The summed E-state index contributed by atoms with van der Waals surface area (Å²) in [5.74, 6) is -0.224. The molecule has 0 aromatic carbocycles. The SMILES string of the molecule is COC(=O)/C=C/C1=C(C)C(=O)CCC1(C)C. The van der Waals surface area contributed by atoms with Gasteiger partial charge in [0.25, 0.3) is 0 Å². The fourth-order valence-electron chi connectivity index (χ4n) is 1.98. The fraction of sp³-hybridized carbons (Fsp3) is 0.538. The number of ketones is 1. The monoisotopic (exact) mass is 222 g/mol. The third-order valence-corrected chi connectivity index (χ3v) is 3.12. The van der Waals surface area contributed by atoms with Gasteiger partial charge in [0.05, 0.1) is 7.11 Å². The Kier molecular flexibility index (Phi) is 3.68. The predicted molar refractivity (Wildman–Crippen MR) is 61.9 cm³/mol. The number of esters is 1. The van der Waals surface area contributed by atoms with Gasteiger partial charge in [-0.25, -0.2) is 4.79 Å². The number of rotatable bonds is 2. The lowest BCUT2D eigenvalue weighted by atomic mass is 9.72. The van der Waals surface area contributed by atoms with Crippen LogP contribution in [0.4, 0.5) is 0 Å². The molecule has 16 heavy (non-hydrogen) atoms. The van der Waals surface area contributed by atoms with Crippen LogP contribution >= 0.6 is 0 Å². The Bertz CT molecular complexity index is 373. The van der Waals surface area contributed by atoms with Crippen LogP contribution in [-0.4, -0.2) is 18.9 Å². The van der Waals surface area contributed by atoms with Crippen LogP contribution in [0.25, 0.3) is 0 Å². The van der Waals surface area contributed by atoms with Crippen molar-refractivity contribution in [1.82, 2.24) is 0 Å². The second kappa shape index (κ2) is 4.64. The fourth-order valence-corrected chi connectivity index (χ4v) is 1.98. The van der Waals surface area contributed by atoms with Gasteiger partial charge in [-0.1, -0.05) is 19.9 Å². The maximum atomic E-state index is 11.6. The molecule has 3 nitrogen and oxygen atoms in total. The van der Waals surface area contributed by atoms with Crippen molar-refractivity contribution < 1.29 is 14.3 Å². The van der Waals surface area contributed by atoms with Gasteiger partial charge >= 0.3 is 5.97 Å². The van der Waals surface area contributed by atoms with Crippen LogP contribution in [0.15, 0.2) is 23.3 Å². The van der Waals surface area contributed by atoms with Gasteiger partial charge in [-0.3, -0.25) is 4.79 Å². The molecule has 0 saturated heterocycles. The average molecular weight is 222 g/mol. The largest absolute Gasteiger partial charge is 0.466 e. The third-order valence-electron chi connectivity index (χ3n) is 3.12. The minimum Gasteiger partial charge on any atom is -0.466 e. The van der Waals surface area contributed by atoms with Crippen LogP contribution in [0.3, 0.4) is 0 Å². The predicted octanol–water partition coefficient (Wildman–Crippen LogP) is 2.42. The van der Waals surface area contributed by atoms with E-state index in [1.807, 2.05) is 6.92 Å². The van der Waals surface area contributed by atoms with Gasteiger partial charge in [-0.05, 0) is 29.9 Å². The van der Waals surface area contributed by atoms with Crippen LogP contribution in [0.2, 0.25) is 0 Å². The van der Waals surface area contributed by atoms with Gasteiger partial charge in [0.2, 0.25) is 0 Å². The van der Waals surface area contributed by atoms with Crippen molar-refractivity contribution in [2.75, 3.05) is 7.11 Å². The Morgan fingerprint density at radius 1 is 1.44 bits per heavy atom. The standard InChI is InChI=1S/C13H18O3/c1-9-10(5-6-12(15)16-4)13(2,3)8-7-11(9)14/h5-6H,7-8H2,1-4H3/b6-5+. The van der Waals surface area contributed by atoms with E-state index in [9.17, 15) is 9.59 Å². The number of Topliss-reactive ketones (excluding diaryl/α,β-unsaturated/α-hetero) is 1. The molecular weight excluding hydrogens is 204 g/mol. The zero-order valence-electron chi connectivity index (χ0n) is 10.3. The molecule has 0 unspecified atom stereocenters. The molecule has 3 heteroatoms. The highest BCUT2D eigenvalue weighted by atomic mass is 16.5. The van der Waals surface area contributed by atoms with Crippen molar-refractivity contribution in [1.29, 1.82) is 0 Å². The number of hydrogen-bond donors (Lipinski definition) is 0. The molecule has 1 rings (SSSR count). The van der Waals surface area contributed by atoms with E-state index >= 15 is 0 Å². The van der Waals surface area contributed by atoms with E-state index in [2.05, 4.69) is 18.6 Å². The summed E-state index contributed by atoms with van der Waals surface area (Å²) in [7, 11) is 1.34. The molecule has 0 amide bonds. The second-order valence-electron chi connectivity index (χ2n) is 4.70. The van der Waals surface area contributed by atoms with Crippen molar-refractivity contribution in [3.05, 3.63) is 23.3 Å². The Hall–Kier alpha value is -1.38. The molecule has 0 aromatic rings. The molecular formula is C13H18O3. The van der Waals surface area contributed by atoms with Crippen molar-refractivity contribution in [2.45, 2.75) is 33.6 Å². The topological polar surface area (TPSA) is 43.4 Å². The minimum absolute atomic E-state index is 0.0531. The average Bonchev–Trinajstić information content (AvgIpc) is 2.23. The van der Waals surface area contributed by atoms with E-state index in [1.54, 1.807) is 6.08 Å². The molecule has 0 heterocycles. The highest BCUT2D eigenvalue weighted by Gasteiger charge is 2.30. The summed E-state index contributed by atoms with van der Waals surface area (Å²) in [5.41, 5.74) is 1.65. The summed E-state index contributed by atoms with van der Waals surface area (Å²) < 4.78 is 4.54. The quantitative estimate of drug-likeness (QED) is 0.532. The first kappa shape index (κ1) is 12.7. The first-order chi connectivity index (χ1) is 7.38. The zero-order valence-corrected chi connectivity index (χ0v) is 10.3. The van der Waals surface area contributed by atoms with E-state index in [0.29, 0.717) is 6.42 Å². The molecule has 0 bridgehead atoms. The maximum absolute atomic E-state index is 11.6. The normalized spacial score (nSPS) is 20.4. The van der Waals surface area contributed by atoms with E-state index in [1.165, 1.54) is 13.2 Å². The summed E-state index contributed by atoms with van der Waals surface area (Å²) in [6.45, 7) is 5.99. The Morgan fingerprint density at radius 2 is 2.06 bits per heavy atom. The van der Waals surface area contributed by atoms with Crippen LogP contribution < -0.4 is 0 Å². The molecule has 1 aliphatic rings. The summed E-state index contributed by atoms with van der Waals surface area (Å²) in [6.07, 6.45) is 4.50. The number of carbonyl (C=O) groups is 2. The van der Waals surface area contributed by atoms with Crippen molar-refractivity contribution in [2.24, 2.45) is 5.41 Å². The van der Waals surface area contributed by atoms with Crippen molar-refractivity contribution in [3.63, 3.8) is 0 Å². The first-order valence-electron chi connectivity index (χ1n) is 5.39. The lowest BCUT2D eigenvalue weighted by Gasteiger charge is -2.31. The molecule has 1 aliphatic carbocycles. The van der Waals surface area contributed by atoms with Gasteiger partial charge in [0.1, 0.15) is 0 Å². The van der Waals surface area contributed by atoms with E-state index in [0.717, 1.165) is 17.6 Å². The van der Waals surface area contributed by atoms with Gasteiger partial charge in [0, 0.05) is 12.5 Å². The van der Waals surface area contributed by atoms with Gasteiger partial charge in [0.15, 0.2) is 5.78 Å². The molecule has 0 spiro atoms. The second-order valence-corrected chi connectivity index (χ2v) is 4.70. The van der Waals surface area contributed by atoms with Gasteiger partial charge in [-0.2, -0.15) is 0 Å². The number of ether oxygens (including phenoxy) is 1. The molecule has 0 N–H and O–H groups in total. The number of allylic oxidation sites excluding steroid dienone is 3. The van der Waals surface area contributed by atoms with Crippen LogP contribution in [-0.2, 0) is 14.3 Å². The Balaban J connectivity index is 3.05. The highest BCUT2D eigenvalue weighted by molar-refractivity contribution is 5.97. The van der Waals surface area contributed by atoms with E-state index < -0.39 is 5.97 Å². The lowest BCUT2D eigenvalue weighted by Crippen LogP contribution is -2.24. The molecule has 0 fully saturated rings. The third kappa shape index (κ3) is 2.60. The number of methoxy groups -OCH3 is 1. The Morgan fingerprint density at radius 3 is 2.62 bits per heavy atom. The smallest absolute Gasteiger partial charge is 0.330 e. The van der Waals surface area contributed by atoms with Crippen molar-refractivity contribution in [3.8, 4) is 0 Å². The van der Waals surface area contributed by atoms with Crippen LogP contribution in [0.1, 0.15) is 33.6 Å². The summed E-state index contributed by atoms with van der Waals surface area (Å²) in [6, 6.07) is 0. The molecule has 0 radical (unpaired) electrons. The highest BCUT2D eigenvalue weighted by Crippen LogP contribution is 2.39. The van der Waals surface area contributed by atoms with Crippen molar-refractivity contribution >= 4 is 11.8 Å². The summed E-state index contributed by atoms with van der Waals surface area (Å²) >= 11 is 0.